The first-order valence-electron chi connectivity index (χ1n) is 6.98. The minimum absolute atomic E-state index is 0.0725. The zero-order valence-electron chi connectivity index (χ0n) is 12.3. The van der Waals surface area contributed by atoms with E-state index in [1.807, 2.05) is 49.4 Å². The summed E-state index contributed by atoms with van der Waals surface area (Å²) >= 11 is 3.34. The van der Waals surface area contributed by atoms with Gasteiger partial charge in [-0.3, -0.25) is 4.79 Å². The van der Waals surface area contributed by atoms with Crippen LogP contribution in [0.5, 0.6) is 5.75 Å². The molecule has 2 aromatic carbocycles. The van der Waals surface area contributed by atoms with Crippen LogP contribution < -0.4 is 10.2 Å². The minimum Gasteiger partial charge on any atom is -0.484 e. The quantitative estimate of drug-likeness (QED) is 0.629. The number of hydrogen-bond acceptors (Lipinski definition) is 3. The summed E-state index contributed by atoms with van der Waals surface area (Å²) in [7, 11) is 0. The number of nitrogens with zero attached hydrogens (tertiary/aromatic N) is 1. The standard InChI is InChI=1S/C17H17BrN2O2/c1-2-16(13-6-4-3-5-7-13)19-20-17(21)12-22-15-10-8-14(18)9-11-15/h3-11H,2,12H2,1H3,(H,20,21). The Morgan fingerprint density at radius 3 is 2.45 bits per heavy atom. The van der Waals surface area contributed by atoms with Gasteiger partial charge in [-0.15, -0.1) is 0 Å². The summed E-state index contributed by atoms with van der Waals surface area (Å²) in [6.07, 6.45) is 0.734. The van der Waals surface area contributed by atoms with Crippen molar-refractivity contribution in [2.24, 2.45) is 5.10 Å². The number of carbonyl (C=O) groups is 1. The number of benzene rings is 2. The SMILES string of the molecule is CCC(=NNC(=O)COc1ccc(Br)cc1)c1ccccc1. The molecule has 1 N–H and O–H groups in total. The van der Waals surface area contributed by atoms with Gasteiger partial charge in [0.25, 0.3) is 5.91 Å². The Balaban J connectivity index is 1.88. The fraction of sp³-hybridized carbons (Fsp3) is 0.176. The lowest BCUT2D eigenvalue weighted by Crippen LogP contribution is -2.26. The summed E-state index contributed by atoms with van der Waals surface area (Å²) in [5, 5.41) is 4.17. The van der Waals surface area contributed by atoms with E-state index < -0.39 is 0 Å². The molecule has 0 saturated carbocycles. The molecule has 0 heterocycles. The summed E-state index contributed by atoms with van der Waals surface area (Å²) in [6, 6.07) is 17.1. The second kappa shape index (κ2) is 8.34. The predicted molar refractivity (Wildman–Crippen MR) is 91.0 cm³/mol. The predicted octanol–water partition coefficient (Wildman–Crippen LogP) is 3.76. The topological polar surface area (TPSA) is 50.7 Å². The van der Waals surface area contributed by atoms with Crippen molar-refractivity contribution in [2.75, 3.05) is 6.61 Å². The van der Waals surface area contributed by atoms with Gasteiger partial charge in [0.05, 0.1) is 5.71 Å². The third-order valence-electron chi connectivity index (χ3n) is 2.94. The Labute approximate surface area is 138 Å². The molecular formula is C17H17BrN2O2. The maximum atomic E-state index is 11.8. The van der Waals surface area contributed by atoms with Crippen molar-refractivity contribution in [1.29, 1.82) is 0 Å². The first-order chi connectivity index (χ1) is 10.7. The largest absolute Gasteiger partial charge is 0.484 e. The van der Waals surface area contributed by atoms with Gasteiger partial charge in [-0.1, -0.05) is 53.2 Å². The Hall–Kier alpha value is -2.14. The lowest BCUT2D eigenvalue weighted by Gasteiger charge is -2.07. The first-order valence-corrected chi connectivity index (χ1v) is 7.77. The molecule has 114 valence electrons. The van der Waals surface area contributed by atoms with Crippen molar-refractivity contribution in [3.63, 3.8) is 0 Å². The van der Waals surface area contributed by atoms with Crippen molar-refractivity contribution in [2.45, 2.75) is 13.3 Å². The summed E-state index contributed by atoms with van der Waals surface area (Å²) in [4.78, 5) is 11.8. The molecule has 0 bridgehead atoms. The van der Waals surface area contributed by atoms with Gasteiger partial charge >= 0.3 is 0 Å². The van der Waals surface area contributed by atoms with Crippen LogP contribution in [0.4, 0.5) is 0 Å². The van der Waals surface area contributed by atoms with Crippen molar-refractivity contribution in [3.8, 4) is 5.75 Å². The Morgan fingerprint density at radius 1 is 1.14 bits per heavy atom. The van der Waals surface area contributed by atoms with Gasteiger partial charge < -0.3 is 4.74 Å². The molecule has 0 aromatic heterocycles. The average Bonchev–Trinajstić information content (AvgIpc) is 2.56. The number of hydrazone groups is 1. The molecule has 0 fully saturated rings. The van der Waals surface area contributed by atoms with Crippen molar-refractivity contribution in [3.05, 3.63) is 64.6 Å². The third kappa shape index (κ3) is 5.00. The van der Waals surface area contributed by atoms with E-state index >= 15 is 0 Å². The molecule has 0 saturated heterocycles. The molecule has 0 aliphatic heterocycles. The van der Waals surface area contributed by atoms with E-state index in [4.69, 9.17) is 4.74 Å². The number of rotatable bonds is 6. The van der Waals surface area contributed by atoms with Crippen LogP contribution in [0.25, 0.3) is 0 Å². The molecule has 5 heteroatoms. The molecule has 0 aliphatic carbocycles. The number of ether oxygens (including phenoxy) is 1. The van der Waals surface area contributed by atoms with Crippen LogP contribution in [0.2, 0.25) is 0 Å². The molecule has 0 aliphatic rings. The van der Waals surface area contributed by atoms with E-state index in [-0.39, 0.29) is 12.5 Å². The van der Waals surface area contributed by atoms with E-state index in [1.165, 1.54) is 0 Å². The lowest BCUT2D eigenvalue weighted by molar-refractivity contribution is -0.123. The molecule has 22 heavy (non-hydrogen) atoms. The van der Waals surface area contributed by atoms with Crippen LogP contribution in [-0.2, 0) is 4.79 Å². The van der Waals surface area contributed by atoms with Gasteiger partial charge in [0.15, 0.2) is 6.61 Å². The van der Waals surface area contributed by atoms with E-state index in [2.05, 4.69) is 26.5 Å². The molecule has 0 spiro atoms. The van der Waals surface area contributed by atoms with Gasteiger partial charge in [0, 0.05) is 4.47 Å². The normalized spacial score (nSPS) is 11.1. The summed E-state index contributed by atoms with van der Waals surface area (Å²) in [6.45, 7) is 1.92. The van der Waals surface area contributed by atoms with E-state index in [0.717, 1.165) is 22.2 Å². The van der Waals surface area contributed by atoms with Crippen LogP contribution in [0, 0.1) is 0 Å². The molecule has 0 atom stereocenters. The molecule has 2 rings (SSSR count). The van der Waals surface area contributed by atoms with Gasteiger partial charge in [0.2, 0.25) is 0 Å². The third-order valence-corrected chi connectivity index (χ3v) is 3.47. The maximum absolute atomic E-state index is 11.8. The summed E-state index contributed by atoms with van der Waals surface area (Å²) in [5.74, 6) is 0.353. The van der Waals surface area contributed by atoms with Crippen LogP contribution in [-0.4, -0.2) is 18.2 Å². The number of carbonyl (C=O) groups excluding carboxylic acids is 1. The van der Waals surface area contributed by atoms with Crippen LogP contribution >= 0.6 is 15.9 Å². The number of amides is 1. The molecule has 2 aromatic rings. The average molecular weight is 361 g/mol. The van der Waals surface area contributed by atoms with Gasteiger partial charge in [0.1, 0.15) is 5.75 Å². The van der Waals surface area contributed by atoms with Gasteiger partial charge in [-0.2, -0.15) is 5.10 Å². The highest BCUT2D eigenvalue weighted by molar-refractivity contribution is 9.10. The zero-order chi connectivity index (χ0) is 15.8. The van der Waals surface area contributed by atoms with Crippen molar-refractivity contribution in [1.82, 2.24) is 5.43 Å². The first kappa shape index (κ1) is 16.2. The minimum atomic E-state index is -0.287. The highest BCUT2D eigenvalue weighted by atomic mass is 79.9. The maximum Gasteiger partial charge on any atom is 0.277 e. The van der Waals surface area contributed by atoms with Gasteiger partial charge in [-0.05, 0) is 36.2 Å². The van der Waals surface area contributed by atoms with Crippen LogP contribution in [0.15, 0.2) is 64.2 Å². The molecular weight excluding hydrogens is 344 g/mol. The van der Waals surface area contributed by atoms with E-state index in [9.17, 15) is 4.79 Å². The number of nitrogens with one attached hydrogen (secondary N) is 1. The smallest absolute Gasteiger partial charge is 0.277 e. The molecule has 0 radical (unpaired) electrons. The number of hydrogen-bond donors (Lipinski definition) is 1. The monoisotopic (exact) mass is 360 g/mol. The number of halogens is 1. The Morgan fingerprint density at radius 2 is 1.82 bits per heavy atom. The second-order valence-corrected chi connectivity index (χ2v) is 5.47. The summed E-state index contributed by atoms with van der Waals surface area (Å²) in [5.41, 5.74) is 4.36. The van der Waals surface area contributed by atoms with E-state index in [0.29, 0.717) is 5.75 Å². The van der Waals surface area contributed by atoms with Crippen LogP contribution in [0.3, 0.4) is 0 Å². The fourth-order valence-electron chi connectivity index (χ4n) is 1.82. The zero-order valence-corrected chi connectivity index (χ0v) is 13.8. The molecule has 1 amide bonds. The van der Waals surface area contributed by atoms with Crippen LogP contribution in [0.1, 0.15) is 18.9 Å². The molecule has 0 unspecified atom stereocenters. The van der Waals surface area contributed by atoms with E-state index in [1.54, 1.807) is 12.1 Å². The highest BCUT2D eigenvalue weighted by Gasteiger charge is 2.04. The van der Waals surface area contributed by atoms with Crippen molar-refractivity contribution >= 4 is 27.5 Å². The summed E-state index contributed by atoms with van der Waals surface area (Å²) < 4.78 is 6.35. The molecule has 4 nitrogen and oxygen atoms in total. The fourth-order valence-corrected chi connectivity index (χ4v) is 2.08. The highest BCUT2D eigenvalue weighted by Crippen LogP contribution is 2.15. The van der Waals surface area contributed by atoms with Crippen molar-refractivity contribution < 1.29 is 9.53 Å². The lowest BCUT2D eigenvalue weighted by atomic mass is 10.1. The second-order valence-electron chi connectivity index (χ2n) is 4.56. The Bertz CT molecular complexity index is 639. The van der Waals surface area contributed by atoms with Gasteiger partial charge in [-0.25, -0.2) is 5.43 Å². The Kier molecular flexibility index (Phi) is 6.15.